The van der Waals surface area contributed by atoms with Gasteiger partial charge in [-0.3, -0.25) is 4.79 Å². The van der Waals surface area contributed by atoms with E-state index in [1.54, 1.807) is 17.7 Å². The average molecular weight is 318 g/mol. The van der Waals surface area contributed by atoms with Crippen molar-refractivity contribution in [2.24, 2.45) is 0 Å². The lowest BCUT2D eigenvalue weighted by molar-refractivity contribution is 0.0715. The van der Waals surface area contributed by atoms with Gasteiger partial charge in [-0.15, -0.1) is 21.5 Å². The first kappa shape index (κ1) is 15.2. The topological polar surface area (TPSA) is 51.0 Å². The van der Waals surface area contributed by atoms with Crippen LogP contribution >= 0.6 is 11.3 Å². The lowest BCUT2D eigenvalue weighted by Crippen LogP contribution is -2.38. The van der Waals surface area contributed by atoms with Crippen LogP contribution in [0.2, 0.25) is 0 Å². The highest BCUT2D eigenvalue weighted by Crippen LogP contribution is 2.29. The van der Waals surface area contributed by atoms with E-state index in [0.717, 1.165) is 43.2 Å². The number of aryl methyl sites for hydroxylation is 3. The van der Waals surface area contributed by atoms with Crippen LogP contribution in [0.3, 0.4) is 0 Å². The SMILES string of the molecule is CCn1cnnc1C1CCN(C(=O)c2cc(C)c(C)s2)CC1. The van der Waals surface area contributed by atoms with Crippen molar-refractivity contribution in [3.8, 4) is 0 Å². The molecule has 0 radical (unpaired) electrons. The molecule has 0 bridgehead atoms. The van der Waals surface area contributed by atoms with Gasteiger partial charge in [0.05, 0.1) is 4.88 Å². The molecule has 22 heavy (non-hydrogen) atoms. The molecule has 2 aromatic rings. The Bertz CT molecular complexity index is 648. The first-order chi connectivity index (χ1) is 10.6. The molecule has 0 N–H and O–H groups in total. The minimum Gasteiger partial charge on any atom is -0.338 e. The van der Waals surface area contributed by atoms with Crippen molar-refractivity contribution in [1.82, 2.24) is 19.7 Å². The van der Waals surface area contributed by atoms with Crippen molar-refractivity contribution < 1.29 is 4.79 Å². The second kappa shape index (κ2) is 6.20. The van der Waals surface area contributed by atoms with E-state index in [2.05, 4.69) is 35.5 Å². The molecular formula is C16H22N4OS. The molecule has 0 aliphatic carbocycles. The first-order valence-corrected chi connectivity index (χ1v) is 8.65. The summed E-state index contributed by atoms with van der Waals surface area (Å²) < 4.78 is 2.11. The Balaban J connectivity index is 1.65. The smallest absolute Gasteiger partial charge is 0.263 e. The highest BCUT2D eigenvalue weighted by atomic mass is 32.1. The van der Waals surface area contributed by atoms with E-state index >= 15 is 0 Å². The summed E-state index contributed by atoms with van der Waals surface area (Å²) in [6, 6.07) is 2.02. The Kier molecular flexibility index (Phi) is 4.29. The molecular weight excluding hydrogens is 296 g/mol. The minimum atomic E-state index is 0.177. The van der Waals surface area contributed by atoms with Crippen molar-refractivity contribution in [1.29, 1.82) is 0 Å². The normalized spacial score (nSPS) is 16.2. The summed E-state index contributed by atoms with van der Waals surface area (Å²) in [6.45, 7) is 8.74. The molecule has 2 aromatic heterocycles. The van der Waals surface area contributed by atoms with Crippen LogP contribution in [-0.4, -0.2) is 38.7 Å². The molecule has 1 saturated heterocycles. The number of thiophene rings is 1. The minimum absolute atomic E-state index is 0.177. The number of rotatable bonds is 3. The van der Waals surface area contributed by atoms with Gasteiger partial charge >= 0.3 is 0 Å². The largest absolute Gasteiger partial charge is 0.338 e. The third-order valence-electron chi connectivity index (χ3n) is 4.51. The third-order valence-corrected chi connectivity index (χ3v) is 5.65. The van der Waals surface area contributed by atoms with Crippen molar-refractivity contribution in [3.05, 3.63) is 33.5 Å². The Labute approximate surface area is 135 Å². The summed E-state index contributed by atoms with van der Waals surface area (Å²) in [6.07, 6.45) is 3.73. The van der Waals surface area contributed by atoms with Gasteiger partial charge in [-0.1, -0.05) is 0 Å². The number of nitrogens with zero attached hydrogens (tertiary/aromatic N) is 4. The van der Waals surface area contributed by atoms with Crippen LogP contribution in [-0.2, 0) is 6.54 Å². The van der Waals surface area contributed by atoms with Gasteiger partial charge in [-0.2, -0.15) is 0 Å². The Hall–Kier alpha value is -1.69. The highest BCUT2D eigenvalue weighted by Gasteiger charge is 2.27. The number of carbonyl (C=O) groups excluding carboxylic acids is 1. The van der Waals surface area contributed by atoms with E-state index in [1.165, 1.54) is 10.4 Å². The fraction of sp³-hybridized carbons (Fsp3) is 0.562. The van der Waals surface area contributed by atoms with Crippen molar-refractivity contribution in [3.63, 3.8) is 0 Å². The van der Waals surface area contributed by atoms with E-state index in [-0.39, 0.29) is 5.91 Å². The second-order valence-electron chi connectivity index (χ2n) is 5.89. The van der Waals surface area contributed by atoms with Crippen molar-refractivity contribution >= 4 is 17.2 Å². The molecule has 0 unspecified atom stereocenters. The highest BCUT2D eigenvalue weighted by molar-refractivity contribution is 7.14. The Morgan fingerprint density at radius 2 is 2.09 bits per heavy atom. The molecule has 3 heterocycles. The van der Waals surface area contributed by atoms with E-state index in [1.807, 2.05) is 11.0 Å². The van der Waals surface area contributed by atoms with Gasteiger partial charge in [-0.25, -0.2) is 0 Å². The number of piperidine rings is 1. The molecule has 6 heteroatoms. The molecule has 1 aliphatic heterocycles. The first-order valence-electron chi connectivity index (χ1n) is 7.84. The van der Waals surface area contributed by atoms with Crippen LogP contribution in [0.25, 0.3) is 0 Å². The van der Waals surface area contributed by atoms with Gasteiger partial charge in [0.15, 0.2) is 0 Å². The standard InChI is InChI=1S/C16H22N4OS/c1-4-19-10-17-18-15(19)13-5-7-20(8-6-13)16(21)14-9-11(2)12(3)22-14/h9-10,13H,4-8H2,1-3H3. The lowest BCUT2D eigenvalue weighted by atomic mass is 9.95. The van der Waals surface area contributed by atoms with Gasteiger partial charge in [0.1, 0.15) is 12.2 Å². The summed E-state index contributed by atoms with van der Waals surface area (Å²) in [4.78, 5) is 16.7. The third kappa shape index (κ3) is 2.79. The van der Waals surface area contributed by atoms with E-state index in [0.29, 0.717) is 5.92 Å². The second-order valence-corrected chi connectivity index (χ2v) is 7.15. The van der Waals surface area contributed by atoms with Crippen LogP contribution in [0.15, 0.2) is 12.4 Å². The molecule has 5 nitrogen and oxygen atoms in total. The molecule has 1 aliphatic rings. The zero-order valence-corrected chi connectivity index (χ0v) is 14.2. The van der Waals surface area contributed by atoms with E-state index in [9.17, 15) is 4.79 Å². The summed E-state index contributed by atoms with van der Waals surface area (Å²) in [5.41, 5.74) is 1.21. The molecule has 1 fully saturated rings. The van der Waals surface area contributed by atoms with Gasteiger partial charge in [-0.05, 0) is 45.2 Å². The van der Waals surface area contributed by atoms with Gasteiger partial charge in [0.25, 0.3) is 5.91 Å². The van der Waals surface area contributed by atoms with Crippen LogP contribution < -0.4 is 0 Å². The summed E-state index contributed by atoms with van der Waals surface area (Å²) >= 11 is 1.60. The Morgan fingerprint density at radius 1 is 1.36 bits per heavy atom. The van der Waals surface area contributed by atoms with Crippen molar-refractivity contribution in [2.75, 3.05) is 13.1 Å². The van der Waals surface area contributed by atoms with E-state index in [4.69, 9.17) is 0 Å². The van der Waals surface area contributed by atoms with Crippen LogP contribution in [0, 0.1) is 13.8 Å². The predicted molar refractivity (Wildman–Crippen MR) is 87.4 cm³/mol. The maximum absolute atomic E-state index is 12.6. The van der Waals surface area contributed by atoms with Gasteiger partial charge < -0.3 is 9.47 Å². The fourth-order valence-corrected chi connectivity index (χ4v) is 4.00. The summed E-state index contributed by atoms with van der Waals surface area (Å²) in [5.74, 6) is 1.66. The van der Waals surface area contributed by atoms with Gasteiger partial charge in [0, 0.05) is 30.4 Å². The summed E-state index contributed by atoms with van der Waals surface area (Å²) in [7, 11) is 0. The number of hydrogen-bond acceptors (Lipinski definition) is 4. The summed E-state index contributed by atoms with van der Waals surface area (Å²) in [5, 5.41) is 8.28. The number of hydrogen-bond donors (Lipinski definition) is 0. The van der Waals surface area contributed by atoms with Crippen LogP contribution in [0.1, 0.15) is 51.6 Å². The molecule has 0 aromatic carbocycles. The fourth-order valence-electron chi connectivity index (χ4n) is 3.00. The number of likely N-dealkylation sites (tertiary alicyclic amines) is 1. The van der Waals surface area contributed by atoms with Crippen molar-refractivity contribution in [2.45, 2.75) is 46.1 Å². The zero-order valence-electron chi connectivity index (χ0n) is 13.4. The van der Waals surface area contributed by atoms with E-state index < -0.39 is 0 Å². The maximum atomic E-state index is 12.6. The monoisotopic (exact) mass is 318 g/mol. The number of aromatic nitrogens is 3. The zero-order chi connectivity index (χ0) is 15.7. The van der Waals surface area contributed by atoms with Crippen LogP contribution in [0.4, 0.5) is 0 Å². The Morgan fingerprint density at radius 3 is 2.68 bits per heavy atom. The molecule has 3 rings (SSSR count). The average Bonchev–Trinajstić information content (AvgIpc) is 3.14. The molecule has 0 saturated carbocycles. The van der Waals surface area contributed by atoms with Gasteiger partial charge in [0.2, 0.25) is 0 Å². The lowest BCUT2D eigenvalue weighted by Gasteiger charge is -2.31. The maximum Gasteiger partial charge on any atom is 0.263 e. The molecule has 118 valence electrons. The molecule has 1 amide bonds. The quantitative estimate of drug-likeness (QED) is 0.874. The molecule has 0 spiro atoms. The number of carbonyl (C=O) groups is 1. The predicted octanol–water partition coefficient (Wildman–Crippen LogP) is 3.00. The number of amides is 1. The molecule has 0 atom stereocenters. The van der Waals surface area contributed by atoms with Crippen LogP contribution in [0.5, 0.6) is 0 Å².